The average Bonchev–Trinajstić information content (AvgIpc) is 3.19. The molecule has 3 N–H and O–H groups in total. The third kappa shape index (κ3) is 4.15. The molecule has 0 aliphatic carbocycles. The number of aromatic nitrogens is 2. The average molecular weight is 484 g/mol. The number of halogens is 1. The highest BCUT2D eigenvalue weighted by atomic mass is 19.1. The van der Waals surface area contributed by atoms with Gasteiger partial charge in [-0.05, 0) is 45.7 Å². The Balaban J connectivity index is 1.77. The van der Waals surface area contributed by atoms with Gasteiger partial charge >= 0.3 is 0 Å². The van der Waals surface area contributed by atoms with E-state index in [0.29, 0.717) is 61.3 Å². The standard InChI is InChI=1S/C26H34FN5O3/c1-14-6-7-19(21-18(27)10-30-24-20(21)16(8-28-5)9-29-24)31-25-23(22(14)26(3,4)33)35-13-17-12-34-11-15(2)32(17)25/h7,9-10,14-15,17,28,33H,6,8,11-13H2,1-5H3,(H,29,30)/b19-7+,23-22-,31-25+/t14?,15-,17+/m1/s1. The second-order valence-corrected chi connectivity index (χ2v) is 10.3. The molecule has 2 aromatic heterocycles. The van der Waals surface area contributed by atoms with Gasteiger partial charge in [-0.2, -0.15) is 0 Å². The zero-order valence-electron chi connectivity index (χ0n) is 21.0. The number of ether oxygens (including phenoxy) is 2. The third-order valence-electron chi connectivity index (χ3n) is 7.05. The number of morpholine rings is 2. The van der Waals surface area contributed by atoms with E-state index < -0.39 is 11.4 Å². The Morgan fingerprint density at radius 1 is 1.29 bits per heavy atom. The van der Waals surface area contributed by atoms with Crippen molar-refractivity contribution in [2.45, 2.75) is 58.3 Å². The summed E-state index contributed by atoms with van der Waals surface area (Å²) in [5.74, 6) is 0.759. The molecular formula is C26H34FN5O3. The lowest BCUT2D eigenvalue weighted by molar-refractivity contribution is -0.0448. The van der Waals surface area contributed by atoms with E-state index in [2.05, 4.69) is 34.0 Å². The number of aromatic amines is 1. The van der Waals surface area contributed by atoms with Gasteiger partial charge in [0.15, 0.2) is 17.4 Å². The fourth-order valence-electron chi connectivity index (χ4n) is 5.62. The predicted molar refractivity (Wildman–Crippen MR) is 133 cm³/mol. The maximum atomic E-state index is 15.5. The van der Waals surface area contributed by atoms with Crippen LogP contribution in [0.25, 0.3) is 16.7 Å². The van der Waals surface area contributed by atoms with Crippen LogP contribution in [-0.2, 0) is 16.0 Å². The monoisotopic (exact) mass is 483 g/mol. The Morgan fingerprint density at radius 3 is 2.83 bits per heavy atom. The first kappa shape index (κ1) is 24.0. The number of hydrogen-bond donors (Lipinski definition) is 3. The fourth-order valence-corrected chi connectivity index (χ4v) is 5.62. The molecule has 0 amide bonds. The van der Waals surface area contributed by atoms with E-state index in [1.165, 1.54) is 6.20 Å². The second kappa shape index (κ2) is 9.04. The van der Waals surface area contributed by atoms with Gasteiger partial charge < -0.3 is 29.8 Å². The molecule has 3 atom stereocenters. The van der Waals surface area contributed by atoms with E-state index >= 15 is 4.39 Å². The number of nitrogens with one attached hydrogen (secondary N) is 2. The third-order valence-corrected chi connectivity index (χ3v) is 7.05. The summed E-state index contributed by atoms with van der Waals surface area (Å²) in [5.41, 5.74) is 2.22. The van der Waals surface area contributed by atoms with Crippen molar-refractivity contribution in [3.05, 3.63) is 46.7 Å². The molecule has 2 saturated heterocycles. The van der Waals surface area contributed by atoms with Gasteiger partial charge in [0, 0.05) is 29.3 Å². The molecule has 3 aliphatic rings. The van der Waals surface area contributed by atoms with Gasteiger partial charge in [0.25, 0.3) is 0 Å². The summed E-state index contributed by atoms with van der Waals surface area (Å²) in [6.07, 6.45) is 5.66. The van der Waals surface area contributed by atoms with Gasteiger partial charge in [-0.15, -0.1) is 0 Å². The van der Waals surface area contributed by atoms with Crippen molar-refractivity contribution in [3.8, 4) is 0 Å². The van der Waals surface area contributed by atoms with Crippen molar-refractivity contribution in [2.24, 2.45) is 10.9 Å². The van der Waals surface area contributed by atoms with Gasteiger partial charge in [-0.1, -0.05) is 13.0 Å². The first-order valence-corrected chi connectivity index (χ1v) is 12.2. The van der Waals surface area contributed by atoms with Crippen LogP contribution in [-0.4, -0.2) is 70.4 Å². The van der Waals surface area contributed by atoms with E-state index in [1.807, 2.05) is 19.3 Å². The molecule has 0 radical (unpaired) electrons. The Bertz CT molecular complexity index is 1230. The summed E-state index contributed by atoms with van der Waals surface area (Å²) in [5, 5.41) is 15.0. The normalized spacial score (nSPS) is 30.4. The van der Waals surface area contributed by atoms with E-state index in [4.69, 9.17) is 14.5 Å². The molecule has 3 aliphatic heterocycles. The number of rotatable bonds is 4. The van der Waals surface area contributed by atoms with Crippen LogP contribution in [0.4, 0.5) is 4.39 Å². The van der Waals surface area contributed by atoms with Crippen LogP contribution in [0.15, 0.2) is 34.8 Å². The number of aliphatic imine (C=N–C) groups is 1. The minimum Gasteiger partial charge on any atom is -0.487 e. The molecule has 2 fully saturated rings. The maximum absolute atomic E-state index is 15.5. The van der Waals surface area contributed by atoms with Crippen molar-refractivity contribution < 1.29 is 19.0 Å². The highest BCUT2D eigenvalue weighted by Gasteiger charge is 2.42. The van der Waals surface area contributed by atoms with Crippen LogP contribution in [0, 0.1) is 11.7 Å². The van der Waals surface area contributed by atoms with Crippen LogP contribution in [0.3, 0.4) is 0 Å². The van der Waals surface area contributed by atoms with Crippen LogP contribution in [0.5, 0.6) is 0 Å². The number of fused-ring (bicyclic) bond motifs is 4. The molecular weight excluding hydrogens is 449 g/mol. The number of allylic oxidation sites excluding steroid dienone is 1. The maximum Gasteiger partial charge on any atom is 0.172 e. The summed E-state index contributed by atoms with van der Waals surface area (Å²) < 4.78 is 27.6. The van der Waals surface area contributed by atoms with E-state index in [9.17, 15) is 5.11 Å². The lowest BCUT2D eigenvalue weighted by atomic mass is 9.82. The van der Waals surface area contributed by atoms with Crippen molar-refractivity contribution in [3.63, 3.8) is 0 Å². The van der Waals surface area contributed by atoms with Crippen molar-refractivity contribution in [2.75, 3.05) is 26.9 Å². The van der Waals surface area contributed by atoms with E-state index in [0.717, 1.165) is 16.5 Å². The molecule has 2 aromatic rings. The zero-order chi connectivity index (χ0) is 24.9. The summed E-state index contributed by atoms with van der Waals surface area (Å²) >= 11 is 0. The first-order chi connectivity index (χ1) is 16.7. The fraction of sp³-hybridized carbons (Fsp3) is 0.538. The van der Waals surface area contributed by atoms with Crippen LogP contribution in [0.2, 0.25) is 0 Å². The van der Waals surface area contributed by atoms with E-state index in [-0.39, 0.29) is 18.0 Å². The molecule has 8 nitrogen and oxygen atoms in total. The summed E-state index contributed by atoms with van der Waals surface area (Å²) in [6.45, 7) is 9.83. The Morgan fingerprint density at radius 2 is 2.09 bits per heavy atom. The molecule has 35 heavy (non-hydrogen) atoms. The van der Waals surface area contributed by atoms with Gasteiger partial charge in [0.1, 0.15) is 12.3 Å². The minimum absolute atomic E-state index is 0.00490. The Kier molecular flexibility index (Phi) is 6.19. The number of amidine groups is 1. The summed E-state index contributed by atoms with van der Waals surface area (Å²) in [4.78, 5) is 14.8. The summed E-state index contributed by atoms with van der Waals surface area (Å²) in [7, 11) is 1.86. The topological polar surface area (TPSA) is 95.0 Å². The highest BCUT2D eigenvalue weighted by Crippen LogP contribution is 2.39. The van der Waals surface area contributed by atoms with Gasteiger partial charge in [0.2, 0.25) is 0 Å². The van der Waals surface area contributed by atoms with Crippen molar-refractivity contribution in [1.82, 2.24) is 20.2 Å². The highest BCUT2D eigenvalue weighted by molar-refractivity contribution is 6.04. The molecule has 0 spiro atoms. The molecule has 0 saturated carbocycles. The quantitative estimate of drug-likeness (QED) is 0.618. The lowest BCUT2D eigenvalue weighted by Gasteiger charge is -2.47. The lowest BCUT2D eigenvalue weighted by Crippen LogP contribution is -2.59. The molecule has 0 aromatic carbocycles. The smallest absolute Gasteiger partial charge is 0.172 e. The number of nitrogens with zero attached hydrogens (tertiary/aromatic N) is 3. The van der Waals surface area contributed by atoms with Crippen LogP contribution >= 0.6 is 0 Å². The van der Waals surface area contributed by atoms with Crippen molar-refractivity contribution >= 4 is 22.6 Å². The SMILES string of the molecule is CNCc1c[nH]c2ncc(F)c(C3=C/CC(C)/C(C(C)(C)O)=C4/OC[C@@H]5COC[C@@H](C)N5/C4=N/3)c12. The van der Waals surface area contributed by atoms with Crippen molar-refractivity contribution in [1.29, 1.82) is 0 Å². The van der Waals surface area contributed by atoms with Crippen LogP contribution in [0.1, 0.15) is 45.2 Å². The number of aliphatic hydroxyl groups is 1. The number of H-pyrrole nitrogens is 1. The Labute approximate surface area is 204 Å². The molecule has 5 heterocycles. The second-order valence-electron chi connectivity index (χ2n) is 10.3. The van der Waals surface area contributed by atoms with Gasteiger partial charge in [-0.3, -0.25) is 0 Å². The number of pyridine rings is 1. The molecule has 0 bridgehead atoms. The molecule has 5 rings (SSSR count). The zero-order valence-corrected chi connectivity index (χ0v) is 21.0. The summed E-state index contributed by atoms with van der Waals surface area (Å²) in [6, 6.07) is 0.0505. The molecule has 188 valence electrons. The number of hydrogen-bond acceptors (Lipinski definition) is 7. The van der Waals surface area contributed by atoms with Gasteiger partial charge in [0.05, 0.1) is 42.8 Å². The molecule has 9 heteroatoms. The van der Waals surface area contributed by atoms with Gasteiger partial charge in [-0.25, -0.2) is 14.4 Å². The van der Waals surface area contributed by atoms with Crippen LogP contribution < -0.4 is 5.32 Å². The van der Waals surface area contributed by atoms with E-state index in [1.54, 1.807) is 13.8 Å². The Hall–Kier alpha value is -2.75. The molecule has 1 unspecified atom stereocenters. The predicted octanol–water partition coefficient (Wildman–Crippen LogP) is 3.35. The first-order valence-electron chi connectivity index (χ1n) is 12.2. The largest absolute Gasteiger partial charge is 0.487 e. The minimum atomic E-state index is -1.10.